The molecule has 0 spiro atoms. The molecule has 0 atom stereocenters. The Balaban J connectivity index is 1.36. The smallest absolute Gasteiger partial charge is 0.340 e. The van der Waals surface area contributed by atoms with Crippen LogP contribution in [0.25, 0.3) is 0 Å². The maximum absolute atomic E-state index is 12.5. The zero-order chi connectivity index (χ0) is 21.8. The average Bonchev–Trinajstić information content (AvgIpc) is 3.36. The van der Waals surface area contributed by atoms with Crippen LogP contribution >= 0.6 is 0 Å². The number of tetrazole rings is 1. The molecule has 0 aliphatic carbocycles. The lowest BCUT2D eigenvalue weighted by molar-refractivity contribution is -0.116. The highest BCUT2D eigenvalue weighted by Crippen LogP contribution is 2.22. The third-order valence-electron chi connectivity index (χ3n) is 4.54. The van der Waals surface area contributed by atoms with E-state index in [1.807, 2.05) is 0 Å². The Bertz CT molecular complexity index is 1130. The number of amides is 3. The van der Waals surface area contributed by atoms with Crippen molar-refractivity contribution >= 4 is 29.4 Å². The quantitative estimate of drug-likeness (QED) is 0.437. The van der Waals surface area contributed by atoms with Crippen LogP contribution in [0.4, 0.5) is 5.69 Å². The van der Waals surface area contributed by atoms with Gasteiger partial charge in [-0.3, -0.25) is 19.3 Å². The average molecular weight is 420 g/mol. The fourth-order valence-corrected chi connectivity index (χ4v) is 3.11. The third kappa shape index (κ3) is 4.15. The standard InChI is InChI=1S/C20H16N6O5/c27-17(11-25-12-21-23-24-25)22-16-8-4-3-7-15(16)20(30)31-10-9-26-18(28)13-5-1-2-6-14(13)19(26)29/h1-8,12H,9-11H2,(H,22,27). The van der Waals surface area contributed by atoms with Crippen LogP contribution in [-0.4, -0.2) is 61.9 Å². The van der Waals surface area contributed by atoms with E-state index in [0.29, 0.717) is 11.1 Å². The molecule has 0 saturated carbocycles. The second-order valence-electron chi connectivity index (χ2n) is 6.54. The van der Waals surface area contributed by atoms with Gasteiger partial charge in [-0.15, -0.1) is 5.10 Å². The molecule has 1 N–H and O–H groups in total. The number of para-hydroxylation sites is 1. The van der Waals surface area contributed by atoms with E-state index in [-0.39, 0.29) is 30.9 Å². The summed E-state index contributed by atoms with van der Waals surface area (Å²) in [5.41, 5.74) is 1.05. The molecule has 2 aromatic carbocycles. The Labute approximate surface area is 175 Å². The fraction of sp³-hybridized carbons (Fsp3) is 0.150. The normalized spacial score (nSPS) is 12.6. The minimum absolute atomic E-state index is 0.0775. The third-order valence-corrected chi connectivity index (χ3v) is 4.54. The van der Waals surface area contributed by atoms with Gasteiger partial charge in [-0.1, -0.05) is 24.3 Å². The molecule has 1 aliphatic rings. The van der Waals surface area contributed by atoms with Crippen LogP contribution in [0.1, 0.15) is 31.1 Å². The number of fused-ring (bicyclic) bond motifs is 1. The van der Waals surface area contributed by atoms with Gasteiger partial charge in [-0.2, -0.15) is 0 Å². The predicted octanol–water partition coefficient (Wildman–Crippen LogP) is 0.765. The molecule has 2 heterocycles. The number of esters is 1. The Morgan fingerprint density at radius 1 is 0.968 bits per heavy atom. The monoisotopic (exact) mass is 420 g/mol. The molecule has 11 heteroatoms. The van der Waals surface area contributed by atoms with Crippen molar-refractivity contribution in [3.8, 4) is 0 Å². The summed E-state index contributed by atoms with van der Waals surface area (Å²) >= 11 is 0. The molecule has 3 amide bonds. The summed E-state index contributed by atoms with van der Waals surface area (Å²) in [5, 5.41) is 13.1. The summed E-state index contributed by atoms with van der Waals surface area (Å²) in [6.45, 7) is -0.390. The first kappa shape index (κ1) is 19.9. The van der Waals surface area contributed by atoms with Crippen molar-refractivity contribution in [2.45, 2.75) is 6.54 Å². The van der Waals surface area contributed by atoms with Gasteiger partial charge in [0.1, 0.15) is 19.5 Å². The van der Waals surface area contributed by atoms with Crippen molar-refractivity contribution < 1.29 is 23.9 Å². The Morgan fingerprint density at radius 3 is 2.32 bits per heavy atom. The van der Waals surface area contributed by atoms with E-state index in [2.05, 4.69) is 20.8 Å². The molecule has 0 fully saturated rings. The van der Waals surface area contributed by atoms with E-state index >= 15 is 0 Å². The summed E-state index contributed by atoms with van der Waals surface area (Å²) in [4.78, 5) is 50.4. The SMILES string of the molecule is O=C(Cn1cnnn1)Nc1ccccc1C(=O)OCCN1C(=O)c2ccccc2C1=O. The highest BCUT2D eigenvalue weighted by atomic mass is 16.5. The summed E-state index contributed by atoms with van der Waals surface area (Å²) in [6.07, 6.45) is 1.29. The van der Waals surface area contributed by atoms with Crippen LogP contribution < -0.4 is 5.32 Å². The topological polar surface area (TPSA) is 136 Å². The number of ether oxygens (including phenoxy) is 1. The van der Waals surface area contributed by atoms with Gasteiger partial charge in [0.2, 0.25) is 5.91 Å². The van der Waals surface area contributed by atoms with Crippen LogP contribution in [0.2, 0.25) is 0 Å². The first-order valence-corrected chi connectivity index (χ1v) is 9.26. The number of hydrogen-bond donors (Lipinski definition) is 1. The van der Waals surface area contributed by atoms with E-state index < -0.39 is 23.7 Å². The second kappa shape index (κ2) is 8.53. The minimum atomic E-state index is -0.699. The van der Waals surface area contributed by atoms with E-state index in [0.717, 1.165) is 4.90 Å². The number of carbonyl (C=O) groups is 4. The number of aromatic nitrogens is 4. The lowest BCUT2D eigenvalue weighted by atomic mass is 10.1. The van der Waals surface area contributed by atoms with Crippen LogP contribution in [0.3, 0.4) is 0 Å². The molecule has 0 radical (unpaired) electrons. The van der Waals surface area contributed by atoms with Crippen LogP contribution in [0, 0.1) is 0 Å². The fourth-order valence-electron chi connectivity index (χ4n) is 3.11. The second-order valence-corrected chi connectivity index (χ2v) is 6.54. The molecule has 11 nitrogen and oxygen atoms in total. The van der Waals surface area contributed by atoms with E-state index in [1.54, 1.807) is 42.5 Å². The molecule has 156 valence electrons. The summed E-state index contributed by atoms with van der Waals surface area (Å²) < 4.78 is 6.47. The first-order valence-electron chi connectivity index (χ1n) is 9.26. The summed E-state index contributed by atoms with van der Waals surface area (Å²) in [7, 11) is 0. The first-order chi connectivity index (χ1) is 15.0. The number of carbonyl (C=O) groups excluding carboxylic acids is 4. The van der Waals surface area contributed by atoms with Gasteiger partial charge in [0.15, 0.2) is 0 Å². The molecule has 4 rings (SSSR count). The number of imide groups is 1. The predicted molar refractivity (Wildman–Crippen MR) is 105 cm³/mol. The molecule has 0 bridgehead atoms. The highest BCUT2D eigenvalue weighted by molar-refractivity contribution is 6.21. The number of anilines is 1. The van der Waals surface area contributed by atoms with Crippen molar-refractivity contribution in [3.05, 3.63) is 71.5 Å². The molecule has 0 unspecified atom stereocenters. The van der Waals surface area contributed by atoms with Crippen LogP contribution in [-0.2, 0) is 16.1 Å². The van der Waals surface area contributed by atoms with Crippen molar-refractivity contribution in [3.63, 3.8) is 0 Å². The number of nitrogens with zero attached hydrogens (tertiary/aromatic N) is 5. The minimum Gasteiger partial charge on any atom is -0.460 e. The molecule has 0 saturated heterocycles. The van der Waals surface area contributed by atoms with Gasteiger partial charge >= 0.3 is 5.97 Å². The molecule has 1 aliphatic heterocycles. The largest absolute Gasteiger partial charge is 0.460 e. The zero-order valence-electron chi connectivity index (χ0n) is 16.1. The van der Waals surface area contributed by atoms with Gasteiger partial charge in [0.25, 0.3) is 11.8 Å². The van der Waals surface area contributed by atoms with E-state index in [1.165, 1.54) is 17.1 Å². The molecule has 3 aromatic rings. The zero-order valence-corrected chi connectivity index (χ0v) is 16.1. The van der Waals surface area contributed by atoms with Crippen molar-refractivity contribution in [1.29, 1.82) is 0 Å². The highest BCUT2D eigenvalue weighted by Gasteiger charge is 2.34. The Kier molecular flexibility index (Phi) is 5.47. The number of benzene rings is 2. The van der Waals surface area contributed by atoms with E-state index in [9.17, 15) is 19.2 Å². The van der Waals surface area contributed by atoms with Crippen molar-refractivity contribution in [1.82, 2.24) is 25.1 Å². The van der Waals surface area contributed by atoms with Gasteiger partial charge in [0.05, 0.1) is 28.9 Å². The van der Waals surface area contributed by atoms with Crippen LogP contribution in [0.15, 0.2) is 54.9 Å². The maximum Gasteiger partial charge on any atom is 0.340 e. The summed E-state index contributed by atoms with van der Waals surface area (Å²) in [6, 6.07) is 12.8. The van der Waals surface area contributed by atoms with Gasteiger partial charge in [-0.05, 0) is 34.7 Å². The lowest BCUT2D eigenvalue weighted by Crippen LogP contribution is -2.33. The number of hydrogen-bond acceptors (Lipinski definition) is 8. The Morgan fingerprint density at radius 2 is 1.65 bits per heavy atom. The van der Waals surface area contributed by atoms with Gasteiger partial charge in [-0.25, -0.2) is 9.48 Å². The molecular formula is C20H16N6O5. The molecule has 31 heavy (non-hydrogen) atoms. The molecule has 1 aromatic heterocycles. The summed E-state index contributed by atoms with van der Waals surface area (Å²) in [5.74, 6) is -1.98. The van der Waals surface area contributed by atoms with Crippen molar-refractivity contribution in [2.24, 2.45) is 0 Å². The van der Waals surface area contributed by atoms with Gasteiger partial charge < -0.3 is 10.1 Å². The van der Waals surface area contributed by atoms with Crippen LogP contribution in [0.5, 0.6) is 0 Å². The molecular weight excluding hydrogens is 404 g/mol. The maximum atomic E-state index is 12.5. The number of rotatable bonds is 7. The number of nitrogens with one attached hydrogen (secondary N) is 1. The van der Waals surface area contributed by atoms with E-state index in [4.69, 9.17) is 4.74 Å². The Hall–Kier alpha value is -4.41. The van der Waals surface area contributed by atoms with Gasteiger partial charge in [0, 0.05) is 0 Å². The van der Waals surface area contributed by atoms with Crippen molar-refractivity contribution in [2.75, 3.05) is 18.5 Å². The lowest BCUT2D eigenvalue weighted by Gasteiger charge is -2.15.